The van der Waals surface area contributed by atoms with Gasteiger partial charge in [-0.3, -0.25) is 9.52 Å². The molecule has 1 aliphatic rings. The number of anilines is 1. The molecule has 144 valence electrons. The predicted molar refractivity (Wildman–Crippen MR) is 99.7 cm³/mol. The number of carbonyl (C=O) groups is 2. The second-order valence-electron chi connectivity index (χ2n) is 6.76. The van der Waals surface area contributed by atoms with Crippen molar-refractivity contribution in [3.63, 3.8) is 0 Å². The fourth-order valence-corrected chi connectivity index (χ4v) is 4.36. The molecular weight excluding hydrogens is 356 g/mol. The van der Waals surface area contributed by atoms with Gasteiger partial charge in [0, 0.05) is 11.3 Å². The molecule has 7 nitrogen and oxygen atoms in total. The molecule has 1 fully saturated rings. The number of carbonyl (C=O) groups excluding carboxylic acids is 1. The summed E-state index contributed by atoms with van der Waals surface area (Å²) in [5.41, 5.74) is -0.742. The van der Waals surface area contributed by atoms with E-state index < -0.39 is 27.4 Å². The van der Waals surface area contributed by atoms with E-state index in [2.05, 4.69) is 10.0 Å². The third-order valence-corrected chi connectivity index (χ3v) is 6.08. The van der Waals surface area contributed by atoms with Gasteiger partial charge < -0.3 is 10.4 Å². The molecule has 26 heavy (non-hydrogen) atoms. The third kappa shape index (κ3) is 5.20. The lowest BCUT2D eigenvalue weighted by Gasteiger charge is -2.29. The Labute approximate surface area is 154 Å². The predicted octanol–water partition coefficient (Wildman–Crippen LogP) is 2.75. The van der Waals surface area contributed by atoms with Crippen LogP contribution < -0.4 is 10.0 Å². The topological polar surface area (TPSA) is 113 Å². The quantitative estimate of drug-likeness (QED) is 0.628. The first kappa shape index (κ1) is 20.2. The van der Waals surface area contributed by atoms with Crippen LogP contribution in [0.25, 0.3) is 0 Å². The number of hydrogen-bond acceptors (Lipinski definition) is 4. The zero-order valence-electron chi connectivity index (χ0n) is 15.0. The molecule has 2 rings (SSSR count). The Bertz CT molecular complexity index is 753. The standard InChI is InChI=1S/C18H26N2O5S/c1-2-12-26(24,25)20-15-9-7-8-14(13-15)16(21)19-18(17(22)23)10-5-3-4-6-11-18/h7-9,13,20H,2-6,10-12H2,1H3,(H,19,21)(H,22,23). The van der Waals surface area contributed by atoms with E-state index in [1.165, 1.54) is 6.07 Å². The van der Waals surface area contributed by atoms with Crippen molar-refractivity contribution in [2.75, 3.05) is 10.5 Å². The van der Waals surface area contributed by atoms with E-state index in [0.29, 0.717) is 19.3 Å². The lowest BCUT2D eigenvalue weighted by atomic mass is 9.90. The highest BCUT2D eigenvalue weighted by molar-refractivity contribution is 7.92. The van der Waals surface area contributed by atoms with Gasteiger partial charge in [0.25, 0.3) is 5.91 Å². The largest absolute Gasteiger partial charge is 0.480 e. The normalized spacial score (nSPS) is 17.1. The molecule has 1 saturated carbocycles. The van der Waals surface area contributed by atoms with E-state index in [-0.39, 0.29) is 17.0 Å². The molecule has 0 aliphatic heterocycles. The molecule has 0 heterocycles. The van der Waals surface area contributed by atoms with Crippen molar-refractivity contribution in [3.05, 3.63) is 29.8 Å². The zero-order chi connectivity index (χ0) is 19.2. The van der Waals surface area contributed by atoms with Gasteiger partial charge in [-0.25, -0.2) is 13.2 Å². The lowest BCUT2D eigenvalue weighted by molar-refractivity contribution is -0.145. The minimum Gasteiger partial charge on any atom is -0.480 e. The number of sulfonamides is 1. The van der Waals surface area contributed by atoms with Crippen LogP contribution in [0.1, 0.15) is 62.2 Å². The third-order valence-electron chi connectivity index (χ3n) is 4.59. The van der Waals surface area contributed by atoms with Gasteiger partial charge >= 0.3 is 5.97 Å². The maximum atomic E-state index is 12.6. The molecule has 0 atom stereocenters. The first-order valence-electron chi connectivity index (χ1n) is 8.94. The smallest absolute Gasteiger partial charge is 0.329 e. The van der Waals surface area contributed by atoms with Crippen molar-refractivity contribution in [2.24, 2.45) is 0 Å². The fourth-order valence-electron chi connectivity index (χ4n) is 3.24. The summed E-state index contributed by atoms with van der Waals surface area (Å²) < 4.78 is 26.2. The van der Waals surface area contributed by atoms with Crippen molar-refractivity contribution in [1.82, 2.24) is 5.32 Å². The highest BCUT2D eigenvalue weighted by Crippen LogP contribution is 2.28. The van der Waals surface area contributed by atoms with E-state index in [4.69, 9.17) is 0 Å². The summed E-state index contributed by atoms with van der Waals surface area (Å²) in [6.07, 6.45) is 4.70. The summed E-state index contributed by atoms with van der Waals surface area (Å²) in [6.45, 7) is 1.77. The number of nitrogens with one attached hydrogen (secondary N) is 2. The van der Waals surface area contributed by atoms with Gasteiger partial charge in [-0.05, 0) is 37.5 Å². The number of hydrogen-bond donors (Lipinski definition) is 3. The van der Waals surface area contributed by atoms with Crippen molar-refractivity contribution in [3.8, 4) is 0 Å². The summed E-state index contributed by atoms with van der Waals surface area (Å²) in [6, 6.07) is 6.09. The van der Waals surface area contributed by atoms with Gasteiger partial charge in [-0.2, -0.15) is 0 Å². The van der Waals surface area contributed by atoms with Gasteiger partial charge in [0.2, 0.25) is 10.0 Å². The minimum absolute atomic E-state index is 0.00838. The minimum atomic E-state index is -3.46. The zero-order valence-corrected chi connectivity index (χ0v) is 15.8. The van der Waals surface area contributed by atoms with E-state index in [9.17, 15) is 23.1 Å². The first-order valence-corrected chi connectivity index (χ1v) is 10.6. The maximum Gasteiger partial charge on any atom is 0.329 e. The first-order chi connectivity index (χ1) is 12.3. The van der Waals surface area contributed by atoms with Crippen LogP contribution >= 0.6 is 0 Å². The van der Waals surface area contributed by atoms with Crippen molar-refractivity contribution < 1.29 is 23.1 Å². The molecule has 1 aromatic rings. The molecule has 8 heteroatoms. The molecule has 0 radical (unpaired) electrons. The average molecular weight is 382 g/mol. The lowest BCUT2D eigenvalue weighted by Crippen LogP contribution is -2.54. The number of carboxylic acid groups (broad SMARTS) is 1. The second kappa shape index (κ2) is 8.53. The van der Waals surface area contributed by atoms with Crippen molar-refractivity contribution >= 4 is 27.6 Å². The highest BCUT2D eigenvalue weighted by atomic mass is 32.2. The Morgan fingerprint density at radius 1 is 1.15 bits per heavy atom. The number of aliphatic carboxylic acids is 1. The van der Waals surface area contributed by atoms with Crippen LogP contribution in [-0.2, 0) is 14.8 Å². The van der Waals surface area contributed by atoms with Crippen LogP contribution in [0.4, 0.5) is 5.69 Å². The highest BCUT2D eigenvalue weighted by Gasteiger charge is 2.40. The molecule has 0 bridgehead atoms. The Kier molecular flexibility index (Phi) is 6.63. The Balaban J connectivity index is 2.18. The molecule has 0 saturated heterocycles. The Morgan fingerprint density at radius 2 is 1.81 bits per heavy atom. The van der Waals surface area contributed by atoms with Crippen LogP contribution in [0.2, 0.25) is 0 Å². The van der Waals surface area contributed by atoms with Gasteiger partial charge in [0.1, 0.15) is 5.54 Å². The van der Waals surface area contributed by atoms with Crippen molar-refractivity contribution in [1.29, 1.82) is 0 Å². The van der Waals surface area contributed by atoms with Gasteiger partial charge in [0.15, 0.2) is 0 Å². The van der Waals surface area contributed by atoms with E-state index in [1.54, 1.807) is 25.1 Å². The molecule has 1 amide bonds. The van der Waals surface area contributed by atoms with Crippen LogP contribution in [0.3, 0.4) is 0 Å². The number of carboxylic acids is 1. The maximum absolute atomic E-state index is 12.6. The number of rotatable bonds is 7. The summed E-state index contributed by atoms with van der Waals surface area (Å²) in [5.74, 6) is -1.54. The van der Waals surface area contributed by atoms with Crippen molar-refractivity contribution in [2.45, 2.75) is 57.4 Å². The Hall–Kier alpha value is -2.09. The summed E-state index contributed by atoms with van der Waals surface area (Å²) in [4.78, 5) is 24.4. The molecule has 0 aromatic heterocycles. The average Bonchev–Trinajstić information content (AvgIpc) is 2.81. The van der Waals surface area contributed by atoms with Gasteiger partial charge in [0.05, 0.1) is 5.75 Å². The van der Waals surface area contributed by atoms with Crippen LogP contribution in [0.15, 0.2) is 24.3 Å². The number of benzene rings is 1. The Morgan fingerprint density at radius 3 is 2.38 bits per heavy atom. The molecule has 3 N–H and O–H groups in total. The van der Waals surface area contributed by atoms with Crippen LogP contribution in [-0.4, -0.2) is 36.7 Å². The van der Waals surface area contributed by atoms with Crippen LogP contribution in [0.5, 0.6) is 0 Å². The molecule has 1 aromatic carbocycles. The van der Waals surface area contributed by atoms with Gasteiger partial charge in [-0.1, -0.05) is 38.7 Å². The SMILES string of the molecule is CCCS(=O)(=O)Nc1cccc(C(=O)NC2(C(=O)O)CCCCCC2)c1. The summed E-state index contributed by atoms with van der Waals surface area (Å²) >= 11 is 0. The number of amides is 1. The summed E-state index contributed by atoms with van der Waals surface area (Å²) in [5, 5.41) is 12.4. The summed E-state index contributed by atoms with van der Waals surface area (Å²) in [7, 11) is -3.46. The molecule has 0 spiro atoms. The monoisotopic (exact) mass is 382 g/mol. The van der Waals surface area contributed by atoms with E-state index >= 15 is 0 Å². The van der Waals surface area contributed by atoms with E-state index in [1.807, 2.05) is 0 Å². The van der Waals surface area contributed by atoms with Gasteiger partial charge in [-0.15, -0.1) is 0 Å². The molecule has 1 aliphatic carbocycles. The second-order valence-corrected chi connectivity index (χ2v) is 8.60. The molecular formula is C18H26N2O5S. The fraction of sp³-hybridized carbons (Fsp3) is 0.556. The van der Waals surface area contributed by atoms with Crippen LogP contribution in [0, 0.1) is 0 Å². The van der Waals surface area contributed by atoms with E-state index in [0.717, 1.165) is 25.7 Å². The molecule has 0 unspecified atom stereocenters.